The largest absolute Gasteiger partial charge is 0.503 e. The van der Waals surface area contributed by atoms with Crippen LogP contribution in [-0.4, -0.2) is 44.4 Å². The van der Waals surface area contributed by atoms with Gasteiger partial charge in [0.1, 0.15) is 5.69 Å². The van der Waals surface area contributed by atoms with Gasteiger partial charge in [-0.15, -0.1) is 0 Å². The lowest BCUT2D eigenvalue weighted by Crippen LogP contribution is -2.25. The molecule has 0 amide bonds. The maximum atomic E-state index is 12.3. The molecule has 0 aliphatic carbocycles. The number of methoxy groups -OCH3 is 1. The van der Waals surface area contributed by atoms with Gasteiger partial charge >= 0.3 is 5.97 Å². The molecule has 1 aromatic heterocycles. The van der Waals surface area contributed by atoms with E-state index in [1.54, 1.807) is 0 Å². The standard InChI is InChI=1S/C14H13ClN4O5S/c1-24-10-5-7(4-8(15)12(10)22)6-16-19-13(23)9(2-3-11(20)21)17-18-14(19)25/h4-6,22H,2-3H2,1H3,(H,18,25)(H,20,21)/b16-6-. The molecule has 0 bridgehead atoms. The lowest BCUT2D eigenvalue weighted by molar-refractivity contribution is -0.136. The van der Waals surface area contributed by atoms with Crippen molar-refractivity contribution in [2.24, 2.45) is 5.10 Å². The van der Waals surface area contributed by atoms with Crippen molar-refractivity contribution in [3.8, 4) is 11.5 Å². The van der Waals surface area contributed by atoms with Gasteiger partial charge in [-0.3, -0.25) is 14.7 Å². The summed E-state index contributed by atoms with van der Waals surface area (Å²) in [5.41, 5.74) is -0.183. The fourth-order valence-corrected chi connectivity index (χ4v) is 2.26. The second-order valence-corrected chi connectivity index (χ2v) is 5.58. The SMILES string of the molecule is COc1cc(/C=N\n2c(=S)[nH]nc(CCC(=O)O)c2=O)cc(Cl)c1O. The zero-order valence-corrected chi connectivity index (χ0v) is 14.5. The second-order valence-electron chi connectivity index (χ2n) is 4.78. The Bertz CT molecular complexity index is 953. The molecule has 0 aliphatic rings. The fraction of sp³-hybridized carbons (Fsp3) is 0.214. The number of hydrogen-bond donors (Lipinski definition) is 3. The van der Waals surface area contributed by atoms with Gasteiger partial charge in [-0.05, 0) is 29.9 Å². The highest BCUT2D eigenvalue weighted by Gasteiger charge is 2.10. The monoisotopic (exact) mass is 384 g/mol. The van der Waals surface area contributed by atoms with E-state index in [1.807, 2.05) is 0 Å². The number of rotatable bonds is 6. The van der Waals surface area contributed by atoms with E-state index in [-0.39, 0.29) is 39.8 Å². The molecule has 0 radical (unpaired) electrons. The molecule has 2 aromatic rings. The van der Waals surface area contributed by atoms with Gasteiger partial charge in [0.05, 0.1) is 24.8 Å². The van der Waals surface area contributed by atoms with Crippen LogP contribution in [0, 0.1) is 4.77 Å². The number of carboxylic acid groups (broad SMARTS) is 1. The topological polar surface area (TPSA) is 130 Å². The smallest absolute Gasteiger partial charge is 0.303 e. The number of carbonyl (C=O) groups is 1. The van der Waals surface area contributed by atoms with E-state index in [0.29, 0.717) is 5.56 Å². The summed E-state index contributed by atoms with van der Waals surface area (Å²) in [6.07, 6.45) is 0.982. The second kappa shape index (κ2) is 7.90. The third-order valence-electron chi connectivity index (χ3n) is 3.09. The average Bonchev–Trinajstić information content (AvgIpc) is 2.56. The number of phenols is 1. The van der Waals surface area contributed by atoms with Crippen LogP contribution in [0.2, 0.25) is 5.02 Å². The Hall–Kier alpha value is -2.72. The number of halogens is 1. The Balaban J connectivity index is 2.40. The first kappa shape index (κ1) is 18.6. The molecule has 132 valence electrons. The zero-order valence-electron chi connectivity index (χ0n) is 12.9. The molecule has 0 fully saturated rings. The van der Waals surface area contributed by atoms with E-state index in [1.165, 1.54) is 25.5 Å². The van der Waals surface area contributed by atoms with Crippen molar-refractivity contribution in [1.82, 2.24) is 14.9 Å². The van der Waals surface area contributed by atoms with E-state index in [9.17, 15) is 14.7 Å². The number of aromatic nitrogens is 3. The number of phenolic OH excluding ortho intramolecular Hbond substituents is 1. The van der Waals surface area contributed by atoms with E-state index >= 15 is 0 Å². The predicted octanol–water partition coefficient (Wildman–Crippen LogP) is 1.57. The summed E-state index contributed by atoms with van der Waals surface area (Å²) in [5.74, 6) is -1.12. The van der Waals surface area contributed by atoms with Crippen LogP contribution in [0.5, 0.6) is 11.5 Å². The van der Waals surface area contributed by atoms with E-state index in [2.05, 4.69) is 15.3 Å². The lowest BCUT2D eigenvalue weighted by atomic mass is 10.2. The third kappa shape index (κ3) is 4.43. The maximum absolute atomic E-state index is 12.3. The van der Waals surface area contributed by atoms with Crippen molar-refractivity contribution in [3.63, 3.8) is 0 Å². The molecular weight excluding hydrogens is 372 g/mol. The lowest BCUT2D eigenvalue weighted by Gasteiger charge is -2.06. The Labute approximate surface area is 151 Å². The molecule has 0 saturated carbocycles. The van der Waals surface area contributed by atoms with Crippen LogP contribution >= 0.6 is 23.8 Å². The minimum absolute atomic E-state index is 0.00512. The van der Waals surface area contributed by atoms with Gasteiger partial charge in [-0.2, -0.15) is 14.9 Å². The van der Waals surface area contributed by atoms with Gasteiger partial charge in [0.25, 0.3) is 5.56 Å². The minimum Gasteiger partial charge on any atom is -0.503 e. The number of H-pyrrole nitrogens is 1. The first-order valence-corrected chi connectivity index (χ1v) is 7.65. The van der Waals surface area contributed by atoms with Crippen molar-refractivity contribution < 1.29 is 19.7 Å². The van der Waals surface area contributed by atoms with Crippen LogP contribution in [0.4, 0.5) is 0 Å². The zero-order chi connectivity index (χ0) is 18.6. The molecule has 3 N–H and O–H groups in total. The molecular formula is C14H13ClN4O5S. The van der Waals surface area contributed by atoms with E-state index in [4.69, 9.17) is 33.7 Å². The van der Waals surface area contributed by atoms with Gasteiger partial charge in [-0.1, -0.05) is 11.6 Å². The number of aromatic amines is 1. The number of benzene rings is 1. The number of carboxylic acids is 1. The maximum Gasteiger partial charge on any atom is 0.303 e. The Kier molecular flexibility index (Phi) is 5.88. The van der Waals surface area contributed by atoms with E-state index < -0.39 is 11.5 Å². The van der Waals surface area contributed by atoms with E-state index in [0.717, 1.165) is 4.68 Å². The summed E-state index contributed by atoms with van der Waals surface area (Å²) < 4.78 is 5.81. The molecule has 0 saturated heterocycles. The summed E-state index contributed by atoms with van der Waals surface area (Å²) in [6.45, 7) is 0. The predicted molar refractivity (Wildman–Crippen MR) is 92.3 cm³/mol. The number of nitrogens with one attached hydrogen (secondary N) is 1. The number of aryl methyl sites for hydroxylation is 1. The van der Waals surface area contributed by atoms with Crippen LogP contribution in [0.25, 0.3) is 0 Å². The molecule has 25 heavy (non-hydrogen) atoms. The first-order chi connectivity index (χ1) is 11.8. The number of aromatic hydroxyl groups is 1. The number of hydrogen-bond acceptors (Lipinski definition) is 7. The number of aliphatic carboxylic acids is 1. The van der Waals surface area contributed by atoms with Crippen LogP contribution < -0.4 is 10.3 Å². The summed E-state index contributed by atoms with van der Waals surface area (Å²) >= 11 is 10.9. The van der Waals surface area contributed by atoms with Crippen molar-refractivity contribution in [1.29, 1.82) is 0 Å². The summed E-state index contributed by atoms with van der Waals surface area (Å²) in [7, 11) is 1.37. The highest BCUT2D eigenvalue weighted by atomic mass is 35.5. The number of ether oxygens (including phenoxy) is 1. The molecule has 1 aromatic carbocycles. The van der Waals surface area contributed by atoms with Gasteiger partial charge in [0.2, 0.25) is 4.77 Å². The molecule has 0 unspecified atom stereocenters. The van der Waals surface area contributed by atoms with Crippen LogP contribution in [-0.2, 0) is 11.2 Å². The third-order valence-corrected chi connectivity index (χ3v) is 3.64. The van der Waals surface area contributed by atoms with Crippen LogP contribution in [0.1, 0.15) is 17.7 Å². The minimum atomic E-state index is -1.05. The quantitative estimate of drug-likeness (QED) is 0.509. The molecule has 0 atom stereocenters. The molecule has 1 heterocycles. The highest BCUT2D eigenvalue weighted by molar-refractivity contribution is 7.71. The Morgan fingerprint density at radius 2 is 2.28 bits per heavy atom. The molecule has 0 aliphatic heterocycles. The first-order valence-electron chi connectivity index (χ1n) is 6.86. The highest BCUT2D eigenvalue weighted by Crippen LogP contribution is 2.34. The molecule has 0 spiro atoms. The van der Waals surface area contributed by atoms with Crippen molar-refractivity contribution in [2.45, 2.75) is 12.8 Å². The normalized spacial score (nSPS) is 11.0. The van der Waals surface area contributed by atoms with Crippen LogP contribution in [0.15, 0.2) is 22.0 Å². The Morgan fingerprint density at radius 1 is 1.56 bits per heavy atom. The molecule has 11 heteroatoms. The Morgan fingerprint density at radius 3 is 2.92 bits per heavy atom. The van der Waals surface area contributed by atoms with Gasteiger partial charge in [0, 0.05) is 6.42 Å². The summed E-state index contributed by atoms with van der Waals surface area (Å²) in [5, 5.41) is 28.6. The van der Waals surface area contributed by atoms with Gasteiger partial charge < -0.3 is 14.9 Å². The van der Waals surface area contributed by atoms with Gasteiger partial charge in [-0.25, -0.2) is 0 Å². The van der Waals surface area contributed by atoms with Crippen LogP contribution in [0.3, 0.4) is 0 Å². The average molecular weight is 385 g/mol. The van der Waals surface area contributed by atoms with Crippen molar-refractivity contribution in [2.75, 3.05) is 7.11 Å². The fourth-order valence-electron chi connectivity index (χ4n) is 1.87. The molecule has 9 nitrogen and oxygen atoms in total. The molecule has 2 rings (SSSR count). The summed E-state index contributed by atoms with van der Waals surface area (Å²) in [6, 6.07) is 2.89. The summed E-state index contributed by atoms with van der Waals surface area (Å²) in [4.78, 5) is 22.9. The van der Waals surface area contributed by atoms with Crippen molar-refractivity contribution >= 4 is 36.0 Å². The number of nitrogens with zero attached hydrogens (tertiary/aromatic N) is 3. The van der Waals surface area contributed by atoms with Crippen molar-refractivity contribution in [3.05, 3.63) is 43.5 Å². The van der Waals surface area contributed by atoms with Gasteiger partial charge in [0.15, 0.2) is 11.5 Å².